The van der Waals surface area contributed by atoms with Crippen molar-refractivity contribution in [3.05, 3.63) is 64.2 Å². The molecule has 0 bridgehead atoms. The number of carbonyl (C=O) groups is 1. The van der Waals surface area contributed by atoms with Crippen molar-refractivity contribution in [3.8, 4) is 0 Å². The fourth-order valence-corrected chi connectivity index (χ4v) is 2.22. The highest BCUT2D eigenvalue weighted by Crippen LogP contribution is 2.21. The number of aromatic carboxylic acids is 1. The molecule has 2 aromatic rings. The molecule has 21 heavy (non-hydrogen) atoms. The van der Waals surface area contributed by atoms with Crippen molar-refractivity contribution in [2.75, 3.05) is 5.32 Å². The van der Waals surface area contributed by atoms with E-state index in [-0.39, 0.29) is 18.0 Å². The molecule has 2 aromatic carbocycles. The second-order valence-corrected chi connectivity index (χ2v) is 4.86. The van der Waals surface area contributed by atoms with Gasteiger partial charge >= 0.3 is 5.97 Å². The van der Waals surface area contributed by atoms with Crippen LogP contribution in [0.25, 0.3) is 0 Å². The highest BCUT2D eigenvalue weighted by atomic mass is 19.1. The summed E-state index contributed by atoms with van der Waals surface area (Å²) in [6.07, 6.45) is 0. The summed E-state index contributed by atoms with van der Waals surface area (Å²) in [5, 5.41) is 11.9. The molecule has 0 atom stereocenters. The van der Waals surface area contributed by atoms with Crippen LogP contribution in [0.4, 0.5) is 14.5 Å². The van der Waals surface area contributed by atoms with Crippen LogP contribution in [0.5, 0.6) is 0 Å². The Bertz CT molecular complexity index is 676. The summed E-state index contributed by atoms with van der Waals surface area (Å²) in [6, 6.07) is 7.38. The maximum atomic E-state index is 13.5. The molecule has 0 radical (unpaired) electrons. The summed E-state index contributed by atoms with van der Waals surface area (Å²) in [7, 11) is 0. The third-order valence-electron chi connectivity index (χ3n) is 3.21. The second-order valence-electron chi connectivity index (χ2n) is 4.86. The van der Waals surface area contributed by atoms with Gasteiger partial charge in [0, 0.05) is 6.54 Å². The molecule has 0 fully saturated rings. The van der Waals surface area contributed by atoms with Gasteiger partial charge in [-0.25, -0.2) is 13.6 Å². The zero-order chi connectivity index (χ0) is 15.6. The third-order valence-corrected chi connectivity index (χ3v) is 3.21. The van der Waals surface area contributed by atoms with E-state index in [1.807, 2.05) is 0 Å². The number of aryl methyl sites for hydroxylation is 2. The fraction of sp³-hybridized carbons (Fsp3) is 0.188. The molecule has 0 aliphatic rings. The predicted molar refractivity (Wildman–Crippen MR) is 76.6 cm³/mol. The van der Waals surface area contributed by atoms with Crippen LogP contribution in [-0.4, -0.2) is 11.1 Å². The fourth-order valence-electron chi connectivity index (χ4n) is 2.22. The predicted octanol–water partition coefficient (Wildman–Crippen LogP) is 3.89. The molecule has 0 aromatic heterocycles. The minimum atomic E-state index is -1.33. The quantitative estimate of drug-likeness (QED) is 0.898. The van der Waals surface area contributed by atoms with Crippen LogP contribution in [0.3, 0.4) is 0 Å². The van der Waals surface area contributed by atoms with Crippen LogP contribution in [-0.2, 0) is 6.54 Å². The van der Waals surface area contributed by atoms with Gasteiger partial charge in [0.1, 0.15) is 17.2 Å². The van der Waals surface area contributed by atoms with Crippen molar-refractivity contribution < 1.29 is 18.7 Å². The van der Waals surface area contributed by atoms with Gasteiger partial charge in [-0.3, -0.25) is 0 Å². The number of nitrogens with one attached hydrogen (secondary N) is 1. The smallest absolute Gasteiger partial charge is 0.340 e. The summed E-state index contributed by atoms with van der Waals surface area (Å²) < 4.78 is 27.1. The highest BCUT2D eigenvalue weighted by Gasteiger charge is 2.15. The van der Waals surface area contributed by atoms with Gasteiger partial charge in [-0.15, -0.1) is 0 Å². The summed E-state index contributed by atoms with van der Waals surface area (Å²) >= 11 is 0. The molecule has 0 spiro atoms. The number of anilines is 1. The first-order valence-corrected chi connectivity index (χ1v) is 6.41. The van der Waals surface area contributed by atoms with Crippen LogP contribution in [0.2, 0.25) is 0 Å². The lowest BCUT2D eigenvalue weighted by Gasteiger charge is -2.12. The highest BCUT2D eigenvalue weighted by molar-refractivity contribution is 5.94. The molecule has 3 nitrogen and oxygen atoms in total. The monoisotopic (exact) mass is 291 g/mol. The molecule has 5 heteroatoms. The Kier molecular flexibility index (Phi) is 4.21. The first-order chi connectivity index (χ1) is 9.90. The van der Waals surface area contributed by atoms with Gasteiger partial charge in [0.25, 0.3) is 0 Å². The van der Waals surface area contributed by atoms with Crippen molar-refractivity contribution in [2.45, 2.75) is 20.4 Å². The minimum absolute atomic E-state index is 0.196. The van der Waals surface area contributed by atoms with Gasteiger partial charge in [-0.05, 0) is 42.7 Å². The van der Waals surface area contributed by atoms with E-state index in [1.54, 1.807) is 26.0 Å². The van der Waals surface area contributed by atoms with Gasteiger partial charge in [0.05, 0.1) is 5.69 Å². The number of halogens is 2. The molecule has 0 unspecified atom stereocenters. The van der Waals surface area contributed by atoms with Crippen LogP contribution < -0.4 is 5.32 Å². The summed E-state index contributed by atoms with van der Waals surface area (Å²) in [5.74, 6) is -2.38. The molecule has 2 rings (SSSR count). The van der Waals surface area contributed by atoms with E-state index in [0.717, 1.165) is 11.6 Å². The number of carboxylic acid groups (broad SMARTS) is 1. The van der Waals surface area contributed by atoms with E-state index in [0.29, 0.717) is 11.1 Å². The van der Waals surface area contributed by atoms with E-state index >= 15 is 0 Å². The van der Waals surface area contributed by atoms with E-state index in [4.69, 9.17) is 5.11 Å². The minimum Gasteiger partial charge on any atom is -0.478 e. The second kappa shape index (κ2) is 5.91. The van der Waals surface area contributed by atoms with Crippen LogP contribution in [0.15, 0.2) is 30.3 Å². The molecule has 2 N–H and O–H groups in total. The standard InChI is InChI=1S/C16H15F2NO2/c1-9-6-11(7-10(2)15(9)18)8-19-13-5-3-4-12(17)14(13)16(20)21/h3-7,19H,8H2,1-2H3,(H,20,21). The number of hydrogen-bond acceptors (Lipinski definition) is 2. The first kappa shape index (κ1) is 15.0. The average Bonchev–Trinajstić information content (AvgIpc) is 2.41. The molecule has 0 aliphatic carbocycles. The molecule has 110 valence electrons. The van der Waals surface area contributed by atoms with E-state index < -0.39 is 17.3 Å². The summed E-state index contributed by atoms with van der Waals surface area (Å²) in [4.78, 5) is 11.1. The van der Waals surface area contributed by atoms with E-state index in [2.05, 4.69) is 5.32 Å². The SMILES string of the molecule is Cc1cc(CNc2cccc(F)c2C(=O)O)cc(C)c1F. The van der Waals surface area contributed by atoms with Crippen LogP contribution >= 0.6 is 0 Å². The lowest BCUT2D eigenvalue weighted by molar-refractivity contribution is 0.0693. The van der Waals surface area contributed by atoms with Gasteiger partial charge < -0.3 is 10.4 Å². The van der Waals surface area contributed by atoms with Gasteiger partial charge in [-0.2, -0.15) is 0 Å². The van der Waals surface area contributed by atoms with Crippen molar-refractivity contribution >= 4 is 11.7 Å². The maximum absolute atomic E-state index is 13.5. The Morgan fingerprint density at radius 1 is 1.19 bits per heavy atom. The van der Waals surface area contributed by atoms with E-state index in [1.165, 1.54) is 12.1 Å². The molecular weight excluding hydrogens is 276 g/mol. The Morgan fingerprint density at radius 2 is 1.81 bits per heavy atom. The Balaban J connectivity index is 2.25. The van der Waals surface area contributed by atoms with Crippen LogP contribution in [0, 0.1) is 25.5 Å². The lowest BCUT2D eigenvalue weighted by atomic mass is 10.1. The van der Waals surface area contributed by atoms with Crippen molar-refractivity contribution in [3.63, 3.8) is 0 Å². The number of rotatable bonds is 4. The van der Waals surface area contributed by atoms with E-state index in [9.17, 15) is 13.6 Å². The number of carboxylic acids is 1. The molecular formula is C16H15F2NO2. The summed E-state index contributed by atoms with van der Waals surface area (Å²) in [5.41, 5.74) is 1.64. The first-order valence-electron chi connectivity index (χ1n) is 6.41. The van der Waals surface area contributed by atoms with Crippen LogP contribution in [0.1, 0.15) is 27.0 Å². The summed E-state index contributed by atoms with van der Waals surface area (Å²) in [6.45, 7) is 3.61. The zero-order valence-electron chi connectivity index (χ0n) is 11.7. The lowest BCUT2D eigenvalue weighted by Crippen LogP contribution is -2.09. The third kappa shape index (κ3) is 3.18. The molecule has 0 amide bonds. The maximum Gasteiger partial charge on any atom is 0.340 e. The number of hydrogen-bond donors (Lipinski definition) is 2. The topological polar surface area (TPSA) is 49.3 Å². The molecule has 0 aliphatic heterocycles. The Labute approximate surface area is 121 Å². The van der Waals surface area contributed by atoms with Crippen molar-refractivity contribution in [1.29, 1.82) is 0 Å². The molecule has 0 heterocycles. The average molecular weight is 291 g/mol. The van der Waals surface area contributed by atoms with Crippen molar-refractivity contribution in [1.82, 2.24) is 0 Å². The normalized spacial score (nSPS) is 10.5. The van der Waals surface area contributed by atoms with Gasteiger partial charge in [-0.1, -0.05) is 18.2 Å². The Morgan fingerprint density at radius 3 is 2.38 bits per heavy atom. The zero-order valence-corrected chi connectivity index (χ0v) is 11.7. The number of benzene rings is 2. The molecule has 0 saturated heterocycles. The Hall–Kier alpha value is -2.43. The largest absolute Gasteiger partial charge is 0.478 e. The van der Waals surface area contributed by atoms with Crippen molar-refractivity contribution in [2.24, 2.45) is 0 Å². The van der Waals surface area contributed by atoms with Gasteiger partial charge in [0.15, 0.2) is 0 Å². The molecule has 0 saturated carbocycles. The van der Waals surface area contributed by atoms with Gasteiger partial charge in [0.2, 0.25) is 0 Å².